The molecule has 142 valence electrons. The zero-order chi connectivity index (χ0) is 19.3. The number of nitrogens with one attached hydrogen (secondary N) is 1. The fraction of sp³-hybridized carbons (Fsp3) is 0.211. The molecular formula is C19H19F3N4O. The lowest BCUT2D eigenvalue weighted by atomic mass is 10.2. The van der Waals surface area contributed by atoms with Crippen molar-refractivity contribution in [3.8, 4) is 5.75 Å². The van der Waals surface area contributed by atoms with Crippen LogP contribution in [0.5, 0.6) is 5.75 Å². The van der Waals surface area contributed by atoms with E-state index < -0.39 is 6.36 Å². The van der Waals surface area contributed by atoms with Gasteiger partial charge in [-0.1, -0.05) is 36.4 Å². The van der Waals surface area contributed by atoms with Gasteiger partial charge >= 0.3 is 6.36 Å². The molecule has 0 saturated carbocycles. The molecule has 1 aliphatic heterocycles. The van der Waals surface area contributed by atoms with E-state index in [-0.39, 0.29) is 17.4 Å². The van der Waals surface area contributed by atoms with Crippen LogP contribution >= 0.6 is 0 Å². The van der Waals surface area contributed by atoms with E-state index in [0.29, 0.717) is 6.54 Å². The molecule has 0 aliphatic carbocycles. The van der Waals surface area contributed by atoms with Gasteiger partial charge in [-0.3, -0.25) is 0 Å². The van der Waals surface area contributed by atoms with Gasteiger partial charge in [-0.25, -0.2) is 4.99 Å². The molecule has 3 N–H and O–H groups in total. The highest BCUT2D eigenvalue weighted by Crippen LogP contribution is 2.29. The Morgan fingerprint density at radius 2 is 1.85 bits per heavy atom. The Labute approximate surface area is 155 Å². The lowest BCUT2D eigenvalue weighted by Crippen LogP contribution is -2.24. The number of nitrogens with zero attached hydrogens (tertiary/aromatic N) is 2. The van der Waals surface area contributed by atoms with E-state index in [0.717, 1.165) is 24.3 Å². The number of nitrogens with two attached hydrogens (primary N) is 1. The van der Waals surface area contributed by atoms with Crippen LogP contribution in [0.4, 0.5) is 24.5 Å². The Kier molecular flexibility index (Phi) is 5.54. The highest BCUT2D eigenvalue weighted by atomic mass is 19.4. The van der Waals surface area contributed by atoms with Gasteiger partial charge in [-0.15, -0.1) is 13.2 Å². The Morgan fingerprint density at radius 1 is 1.11 bits per heavy atom. The summed E-state index contributed by atoms with van der Waals surface area (Å²) in [6.45, 7) is 2.04. The van der Waals surface area contributed by atoms with Crippen LogP contribution in [0.2, 0.25) is 0 Å². The number of alkyl halides is 3. The maximum Gasteiger partial charge on any atom is 0.573 e. The van der Waals surface area contributed by atoms with Gasteiger partial charge in [0.2, 0.25) is 0 Å². The zero-order valence-corrected chi connectivity index (χ0v) is 14.4. The molecule has 0 amide bonds. The molecule has 0 unspecified atom stereocenters. The summed E-state index contributed by atoms with van der Waals surface area (Å²) in [5.41, 5.74) is 7.95. The number of guanidine groups is 1. The van der Waals surface area contributed by atoms with Gasteiger partial charge < -0.3 is 20.7 Å². The quantitative estimate of drug-likeness (QED) is 0.472. The van der Waals surface area contributed by atoms with Crippen LogP contribution in [-0.2, 0) is 6.54 Å². The standard InChI is InChI=1S/C19H19F3N4O/c20-19(21,22)27-17-9-2-1-8-16(17)25-18(23)24-13-14-6-5-7-15(12-14)26-10-3-4-11-26/h1-9,12H,10-11,13H2,(H3,23,24,25). The fourth-order valence-electron chi connectivity index (χ4n) is 2.68. The van der Waals surface area contributed by atoms with Crippen LogP contribution in [0, 0.1) is 0 Å². The Balaban J connectivity index is 1.66. The third-order valence-electron chi connectivity index (χ3n) is 3.90. The molecule has 0 radical (unpaired) electrons. The number of anilines is 2. The summed E-state index contributed by atoms with van der Waals surface area (Å²) < 4.78 is 41.4. The van der Waals surface area contributed by atoms with Gasteiger partial charge in [0.15, 0.2) is 11.7 Å². The summed E-state index contributed by atoms with van der Waals surface area (Å²) in [5.74, 6) is -0.367. The van der Waals surface area contributed by atoms with Crippen molar-refractivity contribution in [2.45, 2.75) is 12.9 Å². The minimum absolute atomic E-state index is 0.00136. The van der Waals surface area contributed by atoms with Gasteiger partial charge in [-0.2, -0.15) is 0 Å². The number of benzene rings is 2. The van der Waals surface area contributed by atoms with Crippen LogP contribution in [0.25, 0.3) is 0 Å². The molecule has 5 nitrogen and oxygen atoms in total. The number of para-hydroxylation sites is 2. The molecule has 8 heteroatoms. The van der Waals surface area contributed by atoms with E-state index in [1.54, 1.807) is 6.07 Å². The average Bonchev–Trinajstić information content (AvgIpc) is 3.15. The van der Waals surface area contributed by atoms with Gasteiger partial charge in [-0.05, 0) is 29.8 Å². The predicted octanol–water partition coefficient (Wildman–Crippen LogP) is 3.89. The molecule has 0 aromatic heterocycles. The van der Waals surface area contributed by atoms with Crippen LogP contribution in [0.3, 0.4) is 0 Å². The first-order chi connectivity index (χ1) is 12.9. The predicted molar refractivity (Wildman–Crippen MR) is 99.9 cm³/mol. The Hall–Kier alpha value is -3.16. The first-order valence-corrected chi connectivity index (χ1v) is 8.31. The van der Waals surface area contributed by atoms with Gasteiger partial charge in [0.05, 0.1) is 12.2 Å². The molecule has 0 saturated heterocycles. The van der Waals surface area contributed by atoms with Crippen LogP contribution < -0.4 is 20.7 Å². The molecule has 1 heterocycles. The van der Waals surface area contributed by atoms with E-state index in [4.69, 9.17) is 5.73 Å². The number of rotatable bonds is 5. The molecule has 0 bridgehead atoms. The van der Waals surface area contributed by atoms with Gasteiger partial charge in [0.1, 0.15) is 0 Å². The summed E-state index contributed by atoms with van der Waals surface area (Å²) in [5, 5.41) is 2.66. The second-order valence-electron chi connectivity index (χ2n) is 5.92. The highest BCUT2D eigenvalue weighted by molar-refractivity contribution is 5.93. The maximum atomic E-state index is 12.5. The first kappa shape index (κ1) is 18.6. The van der Waals surface area contributed by atoms with E-state index in [9.17, 15) is 13.2 Å². The Morgan fingerprint density at radius 3 is 2.59 bits per heavy atom. The van der Waals surface area contributed by atoms with Crippen molar-refractivity contribution in [2.75, 3.05) is 23.3 Å². The number of halogens is 3. The second kappa shape index (κ2) is 8.03. The number of aliphatic imine (C=N–C) groups is 1. The Bertz CT molecular complexity index is 841. The summed E-state index contributed by atoms with van der Waals surface area (Å²) in [7, 11) is 0. The molecule has 3 rings (SSSR count). The lowest BCUT2D eigenvalue weighted by Gasteiger charge is -2.18. The van der Waals surface area contributed by atoms with Gasteiger partial charge in [0.25, 0.3) is 0 Å². The second-order valence-corrected chi connectivity index (χ2v) is 5.92. The molecule has 27 heavy (non-hydrogen) atoms. The molecule has 0 fully saturated rings. The van der Waals surface area contributed by atoms with Crippen LogP contribution in [0.15, 0.2) is 65.7 Å². The zero-order valence-electron chi connectivity index (χ0n) is 14.4. The van der Waals surface area contributed by atoms with Crippen molar-refractivity contribution >= 4 is 17.3 Å². The van der Waals surface area contributed by atoms with Crippen molar-refractivity contribution in [3.63, 3.8) is 0 Å². The SMILES string of the molecule is NC(=NCc1cccc(N2CC=CC2)c1)Nc1ccccc1OC(F)(F)F. The first-order valence-electron chi connectivity index (χ1n) is 8.31. The molecule has 2 aromatic rings. The molecule has 1 aliphatic rings. The lowest BCUT2D eigenvalue weighted by molar-refractivity contribution is -0.274. The van der Waals surface area contributed by atoms with Crippen molar-refractivity contribution in [1.82, 2.24) is 0 Å². The monoisotopic (exact) mass is 376 g/mol. The van der Waals surface area contributed by atoms with Gasteiger partial charge in [0, 0.05) is 18.8 Å². The molecule has 2 aromatic carbocycles. The van der Waals surface area contributed by atoms with Crippen molar-refractivity contribution in [2.24, 2.45) is 10.7 Å². The summed E-state index contributed by atoms with van der Waals surface area (Å²) in [6.07, 6.45) is -0.574. The van der Waals surface area contributed by atoms with Crippen molar-refractivity contribution < 1.29 is 17.9 Å². The van der Waals surface area contributed by atoms with E-state index in [1.807, 2.05) is 24.3 Å². The fourth-order valence-corrected chi connectivity index (χ4v) is 2.68. The normalized spacial score (nSPS) is 14.5. The molecular weight excluding hydrogens is 357 g/mol. The molecule has 0 spiro atoms. The van der Waals surface area contributed by atoms with Crippen LogP contribution in [-0.4, -0.2) is 25.4 Å². The highest BCUT2D eigenvalue weighted by Gasteiger charge is 2.32. The third kappa shape index (κ3) is 5.40. The van der Waals surface area contributed by atoms with E-state index >= 15 is 0 Å². The average molecular weight is 376 g/mol. The number of hydrogen-bond donors (Lipinski definition) is 2. The smallest absolute Gasteiger partial charge is 0.404 e. The topological polar surface area (TPSA) is 62.9 Å². The van der Waals surface area contributed by atoms with Crippen molar-refractivity contribution in [1.29, 1.82) is 0 Å². The number of ether oxygens (including phenoxy) is 1. The molecule has 0 atom stereocenters. The van der Waals surface area contributed by atoms with E-state index in [1.165, 1.54) is 18.2 Å². The summed E-state index contributed by atoms with van der Waals surface area (Å²) >= 11 is 0. The summed E-state index contributed by atoms with van der Waals surface area (Å²) in [4.78, 5) is 6.42. The van der Waals surface area contributed by atoms with Crippen LogP contribution in [0.1, 0.15) is 5.56 Å². The number of hydrogen-bond acceptors (Lipinski definition) is 3. The summed E-state index contributed by atoms with van der Waals surface area (Å²) in [6, 6.07) is 13.6. The van der Waals surface area contributed by atoms with Crippen molar-refractivity contribution in [3.05, 3.63) is 66.2 Å². The third-order valence-corrected chi connectivity index (χ3v) is 3.90. The maximum absolute atomic E-state index is 12.5. The largest absolute Gasteiger partial charge is 0.573 e. The minimum atomic E-state index is -4.78. The van der Waals surface area contributed by atoms with E-state index in [2.05, 4.69) is 32.1 Å². The minimum Gasteiger partial charge on any atom is -0.404 e.